The van der Waals surface area contributed by atoms with Crippen LogP contribution in [0.25, 0.3) is 11.5 Å². The molecule has 0 bridgehead atoms. The van der Waals surface area contributed by atoms with Gasteiger partial charge in [0.1, 0.15) is 0 Å². The highest BCUT2D eigenvalue weighted by atomic mass is 16.4. The van der Waals surface area contributed by atoms with Gasteiger partial charge in [-0.2, -0.15) is 0 Å². The van der Waals surface area contributed by atoms with Gasteiger partial charge in [0, 0.05) is 5.56 Å². The molecule has 1 aromatic heterocycles. The van der Waals surface area contributed by atoms with Crippen molar-refractivity contribution in [3.05, 3.63) is 64.7 Å². The Morgan fingerprint density at radius 3 is 2.42 bits per heavy atom. The van der Waals surface area contributed by atoms with Crippen LogP contribution in [0.5, 0.6) is 0 Å². The lowest BCUT2D eigenvalue weighted by Gasteiger charge is -2.06. The van der Waals surface area contributed by atoms with Crippen molar-refractivity contribution in [1.82, 2.24) is 10.2 Å². The van der Waals surface area contributed by atoms with Crippen LogP contribution in [0.1, 0.15) is 42.0 Å². The van der Waals surface area contributed by atoms with Crippen molar-refractivity contribution in [3.63, 3.8) is 0 Å². The normalized spacial score (nSPS) is 11.0. The molecule has 26 heavy (non-hydrogen) atoms. The van der Waals surface area contributed by atoms with Crippen LogP contribution >= 0.6 is 0 Å². The van der Waals surface area contributed by atoms with Gasteiger partial charge in [0.25, 0.3) is 0 Å². The lowest BCUT2D eigenvalue weighted by Crippen LogP contribution is -2.14. The summed E-state index contributed by atoms with van der Waals surface area (Å²) < 4.78 is 5.57. The summed E-state index contributed by atoms with van der Waals surface area (Å²) in [6.45, 7) is 8.36. The highest BCUT2D eigenvalue weighted by Gasteiger charge is 2.12. The summed E-state index contributed by atoms with van der Waals surface area (Å²) in [4.78, 5) is 12.2. The van der Waals surface area contributed by atoms with E-state index in [0.717, 1.165) is 16.7 Å². The number of nitrogens with zero attached hydrogens (tertiary/aromatic N) is 2. The number of hydrogen-bond donors (Lipinski definition) is 1. The quantitative estimate of drug-likeness (QED) is 0.727. The number of carbonyl (C=O) groups is 1. The molecule has 3 aromatic rings. The standard InChI is InChI=1S/C21H23N3O2/c1-13(2)17-9-6-16(7-10-17)12-19(25)22-21-24-23-20(26-21)18-8-5-14(3)15(4)11-18/h5-11,13H,12H2,1-4H3,(H,22,24,25). The SMILES string of the molecule is Cc1ccc(-c2nnc(NC(=O)Cc3ccc(C(C)C)cc3)o2)cc1C. The zero-order chi connectivity index (χ0) is 18.7. The number of aryl methyl sites for hydroxylation is 2. The van der Waals surface area contributed by atoms with E-state index in [1.54, 1.807) is 0 Å². The summed E-state index contributed by atoms with van der Waals surface area (Å²) in [6.07, 6.45) is 0.264. The Labute approximate surface area is 153 Å². The molecule has 1 N–H and O–H groups in total. The van der Waals surface area contributed by atoms with Crippen molar-refractivity contribution >= 4 is 11.9 Å². The predicted molar refractivity (Wildman–Crippen MR) is 102 cm³/mol. The van der Waals surface area contributed by atoms with Gasteiger partial charge in [-0.05, 0) is 54.2 Å². The number of carbonyl (C=O) groups excluding carboxylic acids is 1. The average Bonchev–Trinajstić information content (AvgIpc) is 3.06. The van der Waals surface area contributed by atoms with E-state index >= 15 is 0 Å². The number of anilines is 1. The summed E-state index contributed by atoms with van der Waals surface area (Å²) in [7, 11) is 0. The van der Waals surface area contributed by atoms with E-state index in [1.165, 1.54) is 11.1 Å². The summed E-state index contributed by atoms with van der Waals surface area (Å²) in [5.74, 6) is 0.683. The van der Waals surface area contributed by atoms with E-state index < -0.39 is 0 Å². The van der Waals surface area contributed by atoms with Gasteiger partial charge in [0.2, 0.25) is 11.8 Å². The first-order valence-electron chi connectivity index (χ1n) is 8.72. The second kappa shape index (κ2) is 7.52. The third-order valence-electron chi connectivity index (χ3n) is 4.44. The highest BCUT2D eigenvalue weighted by Crippen LogP contribution is 2.22. The third kappa shape index (κ3) is 4.17. The Balaban J connectivity index is 1.64. The first-order valence-corrected chi connectivity index (χ1v) is 8.72. The van der Waals surface area contributed by atoms with Crippen LogP contribution in [0.4, 0.5) is 6.01 Å². The lowest BCUT2D eigenvalue weighted by molar-refractivity contribution is -0.115. The molecule has 1 heterocycles. The van der Waals surface area contributed by atoms with E-state index in [9.17, 15) is 4.79 Å². The second-order valence-electron chi connectivity index (χ2n) is 6.83. The van der Waals surface area contributed by atoms with Crippen molar-refractivity contribution in [1.29, 1.82) is 0 Å². The molecule has 0 aliphatic rings. The van der Waals surface area contributed by atoms with Gasteiger partial charge in [-0.15, -0.1) is 5.10 Å². The molecule has 0 radical (unpaired) electrons. The largest absolute Gasteiger partial charge is 0.403 e. The third-order valence-corrected chi connectivity index (χ3v) is 4.44. The maximum Gasteiger partial charge on any atom is 0.322 e. The van der Waals surface area contributed by atoms with E-state index in [2.05, 4.69) is 41.5 Å². The van der Waals surface area contributed by atoms with Gasteiger partial charge in [-0.1, -0.05) is 49.3 Å². The van der Waals surface area contributed by atoms with Crippen LogP contribution in [0.2, 0.25) is 0 Å². The number of amides is 1. The molecule has 5 heteroatoms. The minimum atomic E-state index is -0.183. The summed E-state index contributed by atoms with van der Waals surface area (Å²) in [5.41, 5.74) is 5.39. The maximum atomic E-state index is 12.2. The average molecular weight is 349 g/mol. The molecular formula is C21H23N3O2. The van der Waals surface area contributed by atoms with Crippen LogP contribution in [0.15, 0.2) is 46.9 Å². The first-order chi connectivity index (χ1) is 12.4. The van der Waals surface area contributed by atoms with Crippen LogP contribution in [0, 0.1) is 13.8 Å². The molecule has 5 nitrogen and oxygen atoms in total. The zero-order valence-electron chi connectivity index (χ0n) is 15.5. The Morgan fingerprint density at radius 2 is 1.77 bits per heavy atom. The smallest absolute Gasteiger partial charge is 0.322 e. The van der Waals surface area contributed by atoms with E-state index in [4.69, 9.17) is 4.42 Å². The van der Waals surface area contributed by atoms with Crippen LogP contribution in [-0.2, 0) is 11.2 Å². The number of benzene rings is 2. The molecule has 3 rings (SSSR count). The lowest BCUT2D eigenvalue weighted by atomic mass is 10.0. The Hall–Kier alpha value is -2.95. The Bertz CT molecular complexity index is 911. The van der Waals surface area contributed by atoms with Gasteiger partial charge in [-0.25, -0.2) is 0 Å². The van der Waals surface area contributed by atoms with Gasteiger partial charge in [0.15, 0.2) is 0 Å². The first kappa shape index (κ1) is 17.9. The van der Waals surface area contributed by atoms with Gasteiger partial charge in [0.05, 0.1) is 6.42 Å². The molecule has 0 spiro atoms. The number of hydrogen-bond acceptors (Lipinski definition) is 4. The number of nitrogens with one attached hydrogen (secondary N) is 1. The van der Waals surface area contributed by atoms with Crippen LogP contribution in [-0.4, -0.2) is 16.1 Å². The molecular weight excluding hydrogens is 326 g/mol. The van der Waals surface area contributed by atoms with Gasteiger partial charge >= 0.3 is 6.01 Å². The molecule has 0 saturated heterocycles. The predicted octanol–water partition coefficient (Wildman–Crippen LogP) is 4.66. The highest BCUT2D eigenvalue weighted by molar-refractivity contribution is 5.90. The molecule has 0 atom stereocenters. The topological polar surface area (TPSA) is 68.0 Å². The van der Waals surface area contributed by atoms with Gasteiger partial charge < -0.3 is 4.42 Å². The molecule has 0 saturated carbocycles. The second-order valence-corrected chi connectivity index (χ2v) is 6.83. The monoisotopic (exact) mass is 349 g/mol. The zero-order valence-corrected chi connectivity index (χ0v) is 15.5. The fourth-order valence-electron chi connectivity index (χ4n) is 2.63. The minimum Gasteiger partial charge on any atom is -0.403 e. The summed E-state index contributed by atoms with van der Waals surface area (Å²) >= 11 is 0. The molecule has 134 valence electrons. The fourth-order valence-corrected chi connectivity index (χ4v) is 2.63. The summed E-state index contributed by atoms with van der Waals surface area (Å²) in [5, 5.41) is 10.6. The molecule has 1 amide bonds. The van der Waals surface area contributed by atoms with Crippen molar-refractivity contribution in [3.8, 4) is 11.5 Å². The van der Waals surface area contributed by atoms with E-state index in [1.807, 2.05) is 44.2 Å². The molecule has 0 aliphatic heterocycles. The minimum absolute atomic E-state index is 0.113. The molecule has 0 unspecified atom stereocenters. The van der Waals surface area contributed by atoms with E-state index in [-0.39, 0.29) is 18.3 Å². The number of aromatic nitrogens is 2. The van der Waals surface area contributed by atoms with Crippen molar-refractivity contribution in [2.75, 3.05) is 5.32 Å². The van der Waals surface area contributed by atoms with Crippen LogP contribution < -0.4 is 5.32 Å². The van der Waals surface area contributed by atoms with Crippen LogP contribution in [0.3, 0.4) is 0 Å². The fraction of sp³-hybridized carbons (Fsp3) is 0.286. The molecule has 2 aromatic carbocycles. The van der Waals surface area contributed by atoms with Gasteiger partial charge in [-0.3, -0.25) is 10.1 Å². The van der Waals surface area contributed by atoms with Crippen molar-refractivity contribution in [2.24, 2.45) is 0 Å². The Kier molecular flexibility index (Phi) is 5.16. The van der Waals surface area contributed by atoms with E-state index in [0.29, 0.717) is 11.8 Å². The maximum absolute atomic E-state index is 12.2. The molecule has 0 aliphatic carbocycles. The summed E-state index contributed by atoms with van der Waals surface area (Å²) in [6, 6.07) is 14.1. The molecule has 0 fully saturated rings. The Morgan fingerprint density at radius 1 is 1.04 bits per heavy atom. The van der Waals surface area contributed by atoms with Crippen molar-refractivity contribution < 1.29 is 9.21 Å². The number of rotatable bonds is 5. The van der Waals surface area contributed by atoms with Crippen molar-refractivity contribution in [2.45, 2.75) is 40.0 Å².